The summed E-state index contributed by atoms with van der Waals surface area (Å²) in [6.45, 7) is 4.19. The predicted molar refractivity (Wildman–Crippen MR) is 119 cm³/mol. The number of likely N-dealkylation sites (tertiary alicyclic amines) is 1. The summed E-state index contributed by atoms with van der Waals surface area (Å²) < 4.78 is 5.47. The monoisotopic (exact) mass is 432 g/mol. The van der Waals surface area contributed by atoms with Gasteiger partial charge in [0.25, 0.3) is 11.7 Å². The zero-order chi connectivity index (χ0) is 21.8. The van der Waals surface area contributed by atoms with E-state index in [1.54, 1.807) is 48.8 Å². The number of aliphatic hydroxyl groups is 1. The van der Waals surface area contributed by atoms with Crippen LogP contribution in [0.15, 0.2) is 84.5 Å². The van der Waals surface area contributed by atoms with Gasteiger partial charge in [0.2, 0.25) is 0 Å². The van der Waals surface area contributed by atoms with E-state index >= 15 is 0 Å². The third kappa shape index (κ3) is 4.13. The first-order chi connectivity index (χ1) is 15.1. The minimum absolute atomic E-state index is 0.0797. The average Bonchev–Trinajstić information content (AvgIpc) is 3.41. The van der Waals surface area contributed by atoms with Gasteiger partial charge in [0.1, 0.15) is 18.1 Å². The number of pyridine rings is 1. The lowest BCUT2D eigenvalue weighted by Crippen LogP contribution is -2.28. The van der Waals surface area contributed by atoms with Crippen molar-refractivity contribution in [1.29, 1.82) is 0 Å². The first-order valence-corrected chi connectivity index (χ1v) is 10.5. The Balaban J connectivity index is 1.75. The van der Waals surface area contributed by atoms with Crippen LogP contribution in [-0.4, -0.2) is 33.3 Å². The van der Waals surface area contributed by atoms with E-state index in [0.717, 1.165) is 10.4 Å². The molecule has 3 aromatic rings. The fourth-order valence-electron chi connectivity index (χ4n) is 3.49. The van der Waals surface area contributed by atoms with Crippen molar-refractivity contribution < 1.29 is 19.4 Å². The fraction of sp³-hybridized carbons (Fsp3) is 0.125. The number of Topliss-reactive ketones (excluding diaryl/α,β-unsaturated/α-hetero) is 1. The van der Waals surface area contributed by atoms with E-state index in [0.29, 0.717) is 17.9 Å². The lowest BCUT2D eigenvalue weighted by Gasteiger charge is -2.24. The van der Waals surface area contributed by atoms with E-state index in [1.807, 2.05) is 23.6 Å². The van der Waals surface area contributed by atoms with Crippen LogP contribution in [0.3, 0.4) is 0 Å². The summed E-state index contributed by atoms with van der Waals surface area (Å²) in [5.74, 6) is -0.939. The van der Waals surface area contributed by atoms with E-state index in [-0.39, 0.29) is 17.9 Å². The molecule has 1 unspecified atom stereocenters. The number of ether oxygens (including phenoxy) is 1. The second-order valence-electron chi connectivity index (χ2n) is 6.93. The molecule has 1 saturated heterocycles. The van der Waals surface area contributed by atoms with Crippen LogP contribution in [0.2, 0.25) is 0 Å². The molecule has 1 N–H and O–H groups in total. The van der Waals surface area contributed by atoms with E-state index in [9.17, 15) is 14.7 Å². The van der Waals surface area contributed by atoms with Gasteiger partial charge in [-0.25, -0.2) is 0 Å². The Morgan fingerprint density at radius 2 is 2.00 bits per heavy atom. The van der Waals surface area contributed by atoms with Gasteiger partial charge in [-0.1, -0.05) is 24.8 Å². The molecule has 1 aromatic carbocycles. The van der Waals surface area contributed by atoms with Crippen LogP contribution in [0.25, 0.3) is 5.76 Å². The number of carbonyl (C=O) groups excluding carboxylic acids is 2. The van der Waals surface area contributed by atoms with Crippen LogP contribution < -0.4 is 4.74 Å². The highest BCUT2D eigenvalue weighted by Crippen LogP contribution is 2.41. The molecule has 1 amide bonds. The summed E-state index contributed by atoms with van der Waals surface area (Å²) in [6.07, 6.45) is 4.95. The van der Waals surface area contributed by atoms with E-state index in [4.69, 9.17) is 4.74 Å². The van der Waals surface area contributed by atoms with Gasteiger partial charge >= 0.3 is 0 Å². The van der Waals surface area contributed by atoms with Crippen LogP contribution in [0.4, 0.5) is 0 Å². The summed E-state index contributed by atoms with van der Waals surface area (Å²) in [5, 5.41) is 12.9. The fourth-order valence-corrected chi connectivity index (χ4v) is 4.34. The summed E-state index contributed by atoms with van der Waals surface area (Å²) in [5.41, 5.74) is 1.32. The van der Waals surface area contributed by atoms with Crippen molar-refractivity contribution in [3.63, 3.8) is 0 Å². The molecule has 0 bridgehead atoms. The van der Waals surface area contributed by atoms with Crippen molar-refractivity contribution in [2.24, 2.45) is 0 Å². The lowest BCUT2D eigenvalue weighted by molar-refractivity contribution is -0.140. The van der Waals surface area contributed by atoms with Gasteiger partial charge in [0.15, 0.2) is 0 Å². The molecule has 0 spiro atoms. The molecule has 7 heteroatoms. The Hall–Kier alpha value is -3.71. The van der Waals surface area contributed by atoms with E-state index < -0.39 is 17.7 Å². The highest BCUT2D eigenvalue weighted by atomic mass is 32.1. The number of rotatable bonds is 7. The van der Waals surface area contributed by atoms with Gasteiger partial charge < -0.3 is 14.7 Å². The number of aromatic nitrogens is 1. The Kier molecular flexibility index (Phi) is 5.95. The second-order valence-corrected chi connectivity index (χ2v) is 7.91. The molecule has 31 heavy (non-hydrogen) atoms. The summed E-state index contributed by atoms with van der Waals surface area (Å²) >= 11 is 1.43. The molecule has 3 heterocycles. The molecule has 4 rings (SSSR count). The maximum absolute atomic E-state index is 13.0. The largest absolute Gasteiger partial charge is 0.507 e. The molecule has 0 radical (unpaired) electrons. The summed E-state index contributed by atoms with van der Waals surface area (Å²) in [4.78, 5) is 32.3. The number of thiophene rings is 1. The number of carbonyl (C=O) groups is 2. The summed E-state index contributed by atoms with van der Waals surface area (Å²) in [7, 11) is 0. The van der Waals surface area contributed by atoms with Gasteiger partial charge in [-0.05, 0) is 47.3 Å². The van der Waals surface area contributed by atoms with Crippen molar-refractivity contribution in [1.82, 2.24) is 9.88 Å². The van der Waals surface area contributed by atoms with Crippen LogP contribution in [-0.2, 0) is 16.1 Å². The Bertz CT molecular complexity index is 1120. The number of nitrogens with zero attached hydrogens (tertiary/aromatic N) is 2. The van der Waals surface area contributed by atoms with Crippen molar-refractivity contribution in [3.05, 3.63) is 101 Å². The quantitative estimate of drug-likeness (QED) is 0.260. The lowest BCUT2D eigenvalue weighted by atomic mass is 9.99. The highest BCUT2D eigenvalue weighted by molar-refractivity contribution is 7.10. The number of ketones is 1. The average molecular weight is 433 g/mol. The number of hydrogen-bond donors (Lipinski definition) is 1. The minimum atomic E-state index is -0.702. The minimum Gasteiger partial charge on any atom is -0.507 e. The van der Waals surface area contributed by atoms with Gasteiger partial charge in [0, 0.05) is 29.4 Å². The molecule has 6 nitrogen and oxygen atoms in total. The van der Waals surface area contributed by atoms with Crippen LogP contribution in [0.5, 0.6) is 5.75 Å². The van der Waals surface area contributed by atoms with Gasteiger partial charge in [-0.3, -0.25) is 14.6 Å². The Morgan fingerprint density at radius 1 is 1.19 bits per heavy atom. The molecule has 1 aliphatic rings. The molecule has 1 fully saturated rings. The number of benzene rings is 1. The number of aliphatic hydroxyl groups excluding tert-OH is 1. The first-order valence-electron chi connectivity index (χ1n) is 9.65. The van der Waals surface area contributed by atoms with Crippen LogP contribution in [0.1, 0.15) is 22.0 Å². The molecule has 2 aromatic heterocycles. The molecule has 1 aliphatic heterocycles. The van der Waals surface area contributed by atoms with Crippen molar-refractivity contribution in [2.45, 2.75) is 12.6 Å². The van der Waals surface area contributed by atoms with Gasteiger partial charge in [-0.2, -0.15) is 0 Å². The second kappa shape index (κ2) is 8.97. The Labute approximate surface area is 183 Å². The SMILES string of the molecule is C=CCOc1ccc(C(O)=C2C(=O)C(=O)N(Cc3cccnc3)C2c2cccs2)cc1. The molecule has 0 aliphatic carbocycles. The molecule has 156 valence electrons. The topological polar surface area (TPSA) is 79.7 Å². The molecule has 0 saturated carbocycles. The molecular formula is C24H20N2O4S. The van der Waals surface area contributed by atoms with Crippen molar-refractivity contribution in [2.75, 3.05) is 6.61 Å². The third-order valence-electron chi connectivity index (χ3n) is 4.92. The smallest absolute Gasteiger partial charge is 0.295 e. The molecular weight excluding hydrogens is 412 g/mol. The number of hydrogen-bond acceptors (Lipinski definition) is 6. The molecule has 1 atom stereocenters. The zero-order valence-electron chi connectivity index (χ0n) is 16.6. The predicted octanol–water partition coefficient (Wildman–Crippen LogP) is 4.33. The third-order valence-corrected chi connectivity index (χ3v) is 5.85. The maximum Gasteiger partial charge on any atom is 0.295 e. The van der Waals surface area contributed by atoms with Crippen LogP contribution >= 0.6 is 11.3 Å². The van der Waals surface area contributed by atoms with E-state index in [2.05, 4.69) is 11.6 Å². The maximum atomic E-state index is 13.0. The van der Waals surface area contributed by atoms with Crippen LogP contribution in [0, 0.1) is 0 Å². The summed E-state index contributed by atoms with van der Waals surface area (Å²) in [6, 6.07) is 13.4. The number of amides is 1. The van der Waals surface area contributed by atoms with E-state index in [1.165, 1.54) is 16.2 Å². The van der Waals surface area contributed by atoms with Gasteiger partial charge in [0.05, 0.1) is 11.6 Å². The van der Waals surface area contributed by atoms with Crippen molar-refractivity contribution in [3.8, 4) is 5.75 Å². The van der Waals surface area contributed by atoms with Crippen molar-refractivity contribution >= 4 is 28.8 Å². The Morgan fingerprint density at radius 3 is 2.65 bits per heavy atom. The zero-order valence-corrected chi connectivity index (χ0v) is 17.4. The first kappa shape index (κ1) is 20.6. The highest BCUT2D eigenvalue weighted by Gasteiger charge is 2.46. The normalized spacial score (nSPS) is 17.7. The standard InChI is InChI=1S/C24H20N2O4S/c1-2-12-30-18-9-7-17(8-10-18)22(27)20-21(19-6-4-13-31-19)26(24(29)23(20)28)15-16-5-3-11-25-14-16/h2-11,13-14,21,27H,1,12,15H2. The van der Waals surface area contributed by atoms with Gasteiger partial charge in [-0.15, -0.1) is 11.3 Å².